The molecule has 0 aromatic heterocycles. The SMILES string of the molecule is COc1cccc(C(N)Cc2ccc3c(c2)OCCO3)c1. The standard InChI is InChI=1S/C17H19NO3/c1-19-14-4-2-3-13(11-14)15(18)9-12-5-6-16-17(10-12)21-8-7-20-16/h2-6,10-11,15H,7-9,18H2,1H3. The lowest BCUT2D eigenvalue weighted by Crippen LogP contribution is -2.16. The summed E-state index contributed by atoms with van der Waals surface area (Å²) in [7, 11) is 1.66. The van der Waals surface area contributed by atoms with E-state index in [4.69, 9.17) is 19.9 Å². The van der Waals surface area contributed by atoms with Crippen LogP contribution in [0.3, 0.4) is 0 Å². The Hall–Kier alpha value is -2.20. The lowest BCUT2D eigenvalue weighted by molar-refractivity contribution is 0.171. The van der Waals surface area contributed by atoms with Gasteiger partial charge in [0.1, 0.15) is 19.0 Å². The van der Waals surface area contributed by atoms with Crippen molar-refractivity contribution in [1.82, 2.24) is 0 Å². The van der Waals surface area contributed by atoms with E-state index in [1.54, 1.807) is 7.11 Å². The molecule has 0 fully saturated rings. The van der Waals surface area contributed by atoms with Crippen LogP contribution in [0.4, 0.5) is 0 Å². The average Bonchev–Trinajstić information content (AvgIpc) is 2.54. The predicted octanol–water partition coefficient (Wildman–Crippen LogP) is 2.71. The molecular formula is C17H19NO3. The topological polar surface area (TPSA) is 53.7 Å². The molecule has 0 radical (unpaired) electrons. The number of hydrogen-bond donors (Lipinski definition) is 1. The molecule has 0 saturated carbocycles. The molecule has 1 aliphatic heterocycles. The third kappa shape index (κ3) is 3.11. The fourth-order valence-electron chi connectivity index (χ4n) is 2.46. The van der Waals surface area contributed by atoms with E-state index in [1.165, 1.54) is 0 Å². The summed E-state index contributed by atoms with van der Waals surface area (Å²) in [6.07, 6.45) is 0.740. The molecule has 3 rings (SSSR count). The minimum Gasteiger partial charge on any atom is -0.497 e. The highest BCUT2D eigenvalue weighted by Crippen LogP contribution is 2.32. The van der Waals surface area contributed by atoms with Crippen molar-refractivity contribution in [2.24, 2.45) is 5.73 Å². The third-order valence-electron chi connectivity index (χ3n) is 3.58. The zero-order valence-corrected chi connectivity index (χ0v) is 12.0. The molecule has 2 aromatic carbocycles. The Balaban J connectivity index is 1.76. The molecule has 2 N–H and O–H groups in total. The molecule has 1 heterocycles. The number of nitrogens with two attached hydrogens (primary N) is 1. The summed E-state index contributed by atoms with van der Waals surface area (Å²) < 4.78 is 16.4. The van der Waals surface area contributed by atoms with Crippen molar-refractivity contribution in [2.75, 3.05) is 20.3 Å². The van der Waals surface area contributed by atoms with Crippen molar-refractivity contribution >= 4 is 0 Å². The quantitative estimate of drug-likeness (QED) is 0.938. The van der Waals surface area contributed by atoms with Crippen LogP contribution in [0.5, 0.6) is 17.2 Å². The Morgan fingerprint density at radius 1 is 1.10 bits per heavy atom. The number of benzene rings is 2. The van der Waals surface area contributed by atoms with E-state index in [-0.39, 0.29) is 6.04 Å². The minimum atomic E-state index is -0.0809. The number of methoxy groups -OCH3 is 1. The lowest BCUT2D eigenvalue weighted by atomic mass is 9.99. The first-order valence-electron chi connectivity index (χ1n) is 7.04. The van der Waals surface area contributed by atoms with Gasteiger partial charge >= 0.3 is 0 Å². The minimum absolute atomic E-state index is 0.0809. The van der Waals surface area contributed by atoms with Crippen LogP contribution in [-0.2, 0) is 6.42 Å². The first-order valence-corrected chi connectivity index (χ1v) is 7.04. The fraction of sp³-hybridized carbons (Fsp3) is 0.294. The first kappa shape index (κ1) is 13.8. The maximum absolute atomic E-state index is 6.30. The highest BCUT2D eigenvalue weighted by molar-refractivity contribution is 5.44. The van der Waals surface area contributed by atoms with Crippen LogP contribution in [0.25, 0.3) is 0 Å². The fourth-order valence-corrected chi connectivity index (χ4v) is 2.46. The maximum Gasteiger partial charge on any atom is 0.161 e. The van der Waals surface area contributed by atoms with E-state index < -0.39 is 0 Å². The second-order valence-corrected chi connectivity index (χ2v) is 5.07. The Morgan fingerprint density at radius 2 is 1.90 bits per heavy atom. The van der Waals surface area contributed by atoms with Gasteiger partial charge in [0.25, 0.3) is 0 Å². The van der Waals surface area contributed by atoms with Crippen LogP contribution in [0.1, 0.15) is 17.2 Å². The molecule has 0 amide bonds. The number of hydrogen-bond acceptors (Lipinski definition) is 4. The molecule has 21 heavy (non-hydrogen) atoms. The van der Waals surface area contributed by atoms with Gasteiger partial charge in [0.15, 0.2) is 11.5 Å². The molecule has 0 saturated heterocycles. The van der Waals surface area contributed by atoms with Crippen LogP contribution < -0.4 is 19.9 Å². The molecular weight excluding hydrogens is 266 g/mol. The highest BCUT2D eigenvalue weighted by atomic mass is 16.6. The van der Waals surface area contributed by atoms with Gasteiger partial charge in [-0.25, -0.2) is 0 Å². The zero-order valence-electron chi connectivity index (χ0n) is 12.0. The summed E-state index contributed by atoms with van der Waals surface area (Å²) in [5, 5.41) is 0. The van der Waals surface area contributed by atoms with E-state index in [2.05, 4.69) is 0 Å². The largest absolute Gasteiger partial charge is 0.497 e. The number of ether oxygens (including phenoxy) is 3. The van der Waals surface area contributed by atoms with Crippen LogP contribution in [0.2, 0.25) is 0 Å². The van der Waals surface area contributed by atoms with E-state index in [1.807, 2.05) is 42.5 Å². The second kappa shape index (κ2) is 6.06. The Labute approximate surface area is 124 Å². The zero-order chi connectivity index (χ0) is 14.7. The Morgan fingerprint density at radius 3 is 2.71 bits per heavy atom. The lowest BCUT2D eigenvalue weighted by Gasteiger charge is -2.20. The smallest absolute Gasteiger partial charge is 0.161 e. The Kier molecular flexibility index (Phi) is 3.97. The van der Waals surface area contributed by atoms with Crippen molar-refractivity contribution in [1.29, 1.82) is 0 Å². The molecule has 110 valence electrons. The highest BCUT2D eigenvalue weighted by Gasteiger charge is 2.14. The van der Waals surface area contributed by atoms with Crippen LogP contribution in [-0.4, -0.2) is 20.3 Å². The molecule has 4 nitrogen and oxygen atoms in total. The van der Waals surface area contributed by atoms with E-state index in [0.717, 1.165) is 34.8 Å². The van der Waals surface area contributed by atoms with Crippen LogP contribution in [0, 0.1) is 0 Å². The predicted molar refractivity (Wildman–Crippen MR) is 81.1 cm³/mol. The van der Waals surface area contributed by atoms with Gasteiger partial charge in [0.05, 0.1) is 7.11 Å². The van der Waals surface area contributed by atoms with Gasteiger partial charge in [-0.15, -0.1) is 0 Å². The van der Waals surface area contributed by atoms with Crippen molar-refractivity contribution in [2.45, 2.75) is 12.5 Å². The van der Waals surface area contributed by atoms with Gasteiger partial charge in [-0.1, -0.05) is 18.2 Å². The first-order chi connectivity index (χ1) is 10.3. The van der Waals surface area contributed by atoms with Crippen LogP contribution in [0.15, 0.2) is 42.5 Å². The average molecular weight is 285 g/mol. The summed E-state index contributed by atoms with van der Waals surface area (Å²) in [4.78, 5) is 0. The van der Waals surface area contributed by atoms with E-state index >= 15 is 0 Å². The third-order valence-corrected chi connectivity index (χ3v) is 3.58. The summed E-state index contributed by atoms with van der Waals surface area (Å²) in [6.45, 7) is 1.20. The number of rotatable bonds is 4. The molecule has 4 heteroatoms. The van der Waals surface area contributed by atoms with Gasteiger partial charge in [-0.2, -0.15) is 0 Å². The number of fused-ring (bicyclic) bond motifs is 1. The van der Waals surface area contributed by atoms with Gasteiger partial charge in [-0.3, -0.25) is 0 Å². The normalized spacial score (nSPS) is 14.6. The monoisotopic (exact) mass is 285 g/mol. The van der Waals surface area contributed by atoms with E-state index in [9.17, 15) is 0 Å². The van der Waals surface area contributed by atoms with Crippen molar-refractivity contribution < 1.29 is 14.2 Å². The molecule has 2 aromatic rings. The summed E-state index contributed by atoms with van der Waals surface area (Å²) in [5.41, 5.74) is 8.49. The summed E-state index contributed by atoms with van der Waals surface area (Å²) >= 11 is 0. The van der Waals surface area contributed by atoms with Gasteiger partial charge in [-0.05, 0) is 41.8 Å². The Bertz CT molecular complexity index is 627. The summed E-state index contributed by atoms with van der Waals surface area (Å²) in [6, 6.07) is 13.8. The summed E-state index contributed by atoms with van der Waals surface area (Å²) in [5.74, 6) is 2.43. The molecule has 1 unspecified atom stereocenters. The van der Waals surface area contributed by atoms with Crippen molar-refractivity contribution in [3.8, 4) is 17.2 Å². The molecule has 1 aliphatic rings. The van der Waals surface area contributed by atoms with Crippen LogP contribution >= 0.6 is 0 Å². The second-order valence-electron chi connectivity index (χ2n) is 5.07. The maximum atomic E-state index is 6.30. The van der Waals surface area contributed by atoms with E-state index in [0.29, 0.717) is 13.2 Å². The van der Waals surface area contributed by atoms with Crippen molar-refractivity contribution in [3.05, 3.63) is 53.6 Å². The van der Waals surface area contributed by atoms with Crippen molar-refractivity contribution in [3.63, 3.8) is 0 Å². The molecule has 0 spiro atoms. The van der Waals surface area contributed by atoms with Gasteiger partial charge in [0.2, 0.25) is 0 Å². The van der Waals surface area contributed by atoms with Gasteiger partial charge < -0.3 is 19.9 Å². The molecule has 1 atom stereocenters. The molecule has 0 bridgehead atoms. The van der Waals surface area contributed by atoms with Gasteiger partial charge in [0, 0.05) is 6.04 Å². The molecule has 0 aliphatic carbocycles.